The minimum Gasteiger partial charge on any atom is -0.503 e. The van der Waals surface area contributed by atoms with Gasteiger partial charge in [-0.05, 0) is 40.5 Å². The van der Waals surface area contributed by atoms with E-state index < -0.39 is 0 Å². The molecule has 8 heteroatoms. The first-order chi connectivity index (χ1) is 9.99. The molecule has 21 heavy (non-hydrogen) atoms. The highest BCUT2D eigenvalue weighted by Gasteiger charge is 2.07. The van der Waals surface area contributed by atoms with Crippen molar-refractivity contribution >= 4 is 28.1 Å². The maximum Gasteiger partial charge on any atom is 0.252 e. The number of hydrazone groups is 1. The van der Waals surface area contributed by atoms with Gasteiger partial charge in [-0.2, -0.15) is 5.10 Å². The number of phenols is 1. The summed E-state index contributed by atoms with van der Waals surface area (Å²) in [6.07, 6.45) is 1.51. The number of aromatic hydroxyl groups is 1. The Morgan fingerprint density at radius 1 is 1.48 bits per heavy atom. The van der Waals surface area contributed by atoms with E-state index in [0.29, 0.717) is 21.5 Å². The molecule has 2 aromatic rings. The van der Waals surface area contributed by atoms with Gasteiger partial charge in [-0.3, -0.25) is 9.78 Å². The molecule has 2 rings (SSSR count). The maximum absolute atomic E-state index is 11.3. The molecule has 0 atom stereocenters. The normalized spacial score (nSPS) is 10.8. The Morgan fingerprint density at radius 2 is 2.24 bits per heavy atom. The van der Waals surface area contributed by atoms with Crippen molar-refractivity contribution in [1.82, 2.24) is 9.97 Å². The molecule has 0 saturated carbocycles. The molecule has 0 amide bonds. The number of nitrogens with one attached hydrogen (secondary N) is 2. The monoisotopic (exact) mass is 352 g/mol. The average molecular weight is 353 g/mol. The molecule has 0 bridgehead atoms. The molecule has 1 heterocycles. The van der Waals surface area contributed by atoms with Gasteiger partial charge in [0.05, 0.1) is 17.8 Å². The minimum absolute atomic E-state index is 0.0206. The van der Waals surface area contributed by atoms with E-state index in [9.17, 15) is 9.90 Å². The Morgan fingerprint density at radius 3 is 2.90 bits per heavy atom. The second-order valence-corrected chi connectivity index (χ2v) is 5.01. The fraction of sp³-hybridized carbons (Fsp3) is 0.154. The van der Waals surface area contributed by atoms with Crippen molar-refractivity contribution in [2.24, 2.45) is 5.10 Å². The van der Waals surface area contributed by atoms with Gasteiger partial charge in [0.15, 0.2) is 11.5 Å². The average Bonchev–Trinajstić information content (AvgIpc) is 2.41. The summed E-state index contributed by atoms with van der Waals surface area (Å²) in [5.41, 5.74) is 3.66. The number of nitrogens with zero attached hydrogens (tertiary/aromatic N) is 2. The van der Waals surface area contributed by atoms with E-state index in [1.807, 2.05) is 0 Å². The first-order valence-electron chi connectivity index (χ1n) is 5.93. The minimum atomic E-state index is -0.255. The lowest BCUT2D eigenvalue weighted by Gasteiger charge is -2.06. The van der Waals surface area contributed by atoms with E-state index in [-0.39, 0.29) is 17.3 Å². The van der Waals surface area contributed by atoms with Crippen LogP contribution >= 0.6 is 15.9 Å². The van der Waals surface area contributed by atoms with E-state index >= 15 is 0 Å². The number of H-pyrrole nitrogens is 1. The summed E-state index contributed by atoms with van der Waals surface area (Å²) in [5.74, 6) is 0.598. The lowest BCUT2D eigenvalue weighted by molar-refractivity contribution is 0.372. The number of anilines is 1. The Labute approximate surface area is 128 Å². The number of hydrogen-bond acceptors (Lipinski definition) is 6. The molecule has 1 aromatic carbocycles. The number of aryl methyl sites for hydroxylation is 1. The Balaban J connectivity index is 2.18. The quantitative estimate of drug-likeness (QED) is 0.577. The standard InChI is InChI=1S/C13H13BrN4O3/c1-7-3-11(19)17-13(16-7)18-15-6-8-4-9(14)12(20)10(5-8)21-2/h3-6,20H,1-2H3,(H2,16,17,18,19)/b15-6-. The van der Waals surface area contributed by atoms with Crippen LogP contribution in [0.4, 0.5) is 5.95 Å². The van der Waals surface area contributed by atoms with E-state index in [1.54, 1.807) is 19.1 Å². The lowest BCUT2D eigenvalue weighted by atomic mass is 10.2. The zero-order valence-corrected chi connectivity index (χ0v) is 12.9. The van der Waals surface area contributed by atoms with Gasteiger partial charge < -0.3 is 9.84 Å². The van der Waals surface area contributed by atoms with Crippen LogP contribution in [0, 0.1) is 6.92 Å². The van der Waals surface area contributed by atoms with E-state index in [2.05, 4.69) is 36.4 Å². The van der Waals surface area contributed by atoms with Gasteiger partial charge in [0.1, 0.15) is 0 Å². The molecule has 110 valence electrons. The number of aromatic amines is 1. The summed E-state index contributed by atoms with van der Waals surface area (Å²) in [7, 11) is 1.46. The summed E-state index contributed by atoms with van der Waals surface area (Å²) in [4.78, 5) is 17.9. The highest BCUT2D eigenvalue weighted by molar-refractivity contribution is 9.10. The summed E-state index contributed by atoms with van der Waals surface area (Å²) < 4.78 is 5.53. The molecular weight excluding hydrogens is 340 g/mol. The van der Waals surface area contributed by atoms with Crippen LogP contribution in [-0.2, 0) is 0 Å². The zero-order valence-electron chi connectivity index (χ0n) is 11.3. The predicted molar refractivity (Wildman–Crippen MR) is 83.2 cm³/mol. The first kappa shape index (κ1) is 15.0. The van der Waals surface area contributed by atoms with Crippen molar-refractivity contribution in [3.05, 3.63) is 44.3 Å². The van der Waals surface area contributed by atoms with Crippen LogP contribution in [0.5, 0.6) is 11.5 Å². The van der Waals surface area contributed by atoms with Gasteiger partial charge in [-0.1, -0.05) is 0 Å². The van der Waals surface area contributed by atoms with Gasteiger partial charge in [0.2, 0.25) is 5.95 Å². The van der Waals surface area contributed by atoms with Crippen molar-refractivity contribution in [2.45, 2.75) is 6.92 Å². The molecule has 3 N–H and O–H groups in total. The fourth-order valence-electron chi connectivity index (χ4n) is 1.62. The van der Waals surface area contributed by atoms with Gasteiger partial charge in [-0.25, -0.2) is 10.4 Å². The van der Waals surface area contributed by atoms with E-state index in [4.69, 9.17) is 4.74 Å². The van der Waals surface area contributed by atoms with Gasteiger partial charge in [0.25, 0.3) is 5.56 Å². The number of rotatable bonds is 4. The van der Waals surface area contributed by atoms with Crippen LogP contribution in [0.2, 0.25) is 0 Å². The number of benzene rings is 1. The number of hydrogen-bond donors (Lipinski definition) is 3. The summed E-state index contributed by atoms with van der Waals surface area (Å²) in [5, 5.41) is 13.7. The van der Waals surface area contributed by atoms with Crippen molar-refractivity contribution in [3.8, 4) is 11.5 Å². The third kappa shape index (κ3) is 3.82. The van der Waals surface area contributed by atoms with Crippen LogP contribution in [0.25, 0.3) is 0 Å². The molecule has 1 aromatic heterocycles. The molecule has 0 unspecified atom stereocenters. The number of phenolic OH excluding ortho intramolecular Hbond substituents is 1. The summed E-state index contributed by atoms with van der Waals surface area (Å²) in [6.45, 7) is 1.71. The molecule has 0 aliphatic carbocycles. The van der Waals surface area contributed by atoms with Crippen LogP contribution in [0.3, 0.4) is 0 Å². The summed E-state index contributed by atoms with van der Waals surface area (Å²) >= 11 is 3.22. The molecule has 0 aliphatic rings. The van der Waals surface area contributed by atoms with Gasteiger partial charge >= 0.3 is 0 Å². The van der Waals surface area contributed by atoms with Crippen LogP contribution < -0.4 is 15.7 Å². The molecule has 0 radical (unpaired) electrons. The molecule has 0 spiro atoms. The molecule has 0 aliphatic heterocycles. The van der Waals surface area contributed by atoms with Crippen LogP contribution in [-0.4, -0.2) is 28.4 Å². The second kappa shape index (κ2) is 6.40. The highest BCUT2D eigenvalue weighted by Crippen LogP contribution is 2.34. The largest absolute Gasteiger partial charge is 0.503 e. The third-order valence-electron chi connectivity index (χ3n) is 2.52. The van der Waals surface area contributed by atoms with Crippen LogP contribution in [0.1, 0.15) is 11.3 Å². The van der Waals surface area contributed by atoms with Crippen molar-refractivity contribution < 1.29 is 9.84 Å². The Hall–Kier alpha value is -2.35. The lowest BCUT2D eigenvalue weighted by Crippen LogP contribution is -2.10. The van der Waals surface area contributed by atoms with Crippen LogP contribution in [0.15, 0.2) is 32.6 Å². The molecule has 0 fully saturated rings. The van der Waals surface area contributed by atoms with Crippen molar-refractivity contribution in [3.63, 3.8) is 0 Å². The fourth-order valence-corrected chi connectivity index (χ4v) is 2.08. The zero-order chi connectivity index (χ0) is 15.4. The Kier molecular flexibility index (Phi) is 4.59. The van der Waals surface area contributed by atoms with E-state index in [0.717, 1.165) is 0 Å². The molecule has 0 saturated heterocycles. The van der Waals surface area contributed by atoms with Gasteiger partial charge in [-0.15, -0.1) is 0 Å². The Bertz CT molecular complexity index is 743. The van der Waals surface area contributed by atoms with Gasteiger partial charge in [0, 0.05) is 11.8 Å². The molecule has 7 nitrogen and oxygen atoms in total. The topological polar surface area (TPSA) is 99.6 Å². The molecular formula is C13H13BrN4O3. The SMILES string of the molecule is COc1cc(/C=N\Nc2nc(C)cc(=O)[nH]2)cc(Br)c1O. The number of aromatic nitrogens is 2. The maximum atomic E-state index is 11.3. The number of methoxy groups -OCH3 is 1. The predicted octanol–water partition coefficient (Wildman–Crippen LogP) is 2.00. The smallest absolute Gasteiger partial charge is 0.252 e. The van der Waals surface area contributed by atoms with Crippen molar-refractivity contribution in [1.29, 1.82) is 0 Å². The number of halogens is 1. The number of ether oxygens (including phenoxy) is 1. The second-order valence-electron chi connectivity index (χ2n) is 4.16. The van der Waals surface area contributed by atoms with Crippen molar-refractivity contribution in [2.75, 3.05) is 12.5 Å². The third-order valence-corrected chi connectivity index (χ3v) is 3.13. The summed E-state index contributed by atoms with van der Waals surface area (Å²) in [6, 6.07) is 4.68. The first-order valence-corrected chi connectivity index (χ1v) is 6.72. The highest BCUT2D eigenvalue weighted by atomic mass is 79.9. The van der Waals surface area contributed by atoms with E-state index in [1.165, 1.54) is 19.4 Å².